The van der Waals surface area contributed by atoms with Crippen LogP contribution in [-0.4, -0.2) is 53.3 Å². The molecule has 1 aliphatic rings. The van der Waals surface area contributed by atoms with Gasteiger partial charge in [0.25, 0.3) is 0 Å². The Hall–Kier alpha value is -1.26. The van der Waals surface area contributed by atoms with Crippen LogP contribution in [0.2, 0.25) is 0 Å². The lowest BCUT2D eigenvalue weighted by molar-refractivity contribution is -0.526. The van der Waals surface area contributed by atoms with Gasteiger partial charge in [-0.2, -0.15) is 70.2 Å². The van der Waals surface area contributed by atoms with Crippen LogP contribution in [-0.2, 0) is 0 Å². The van der Waals surface area contributed by atoms with Crippen LogP contribution in [0.25, 0.3) is 0 Å². The number of halogens is 18. The van der Waals surface area contributed by atoms with Gasteiger partial charge in [0, 0.05) is 0 Å². The van der Waals surface area contributed by atoms with Gasteiger partial charge in [-0.1, -0.05) is 0 Å². The maximum Gasteiger partial charge on any atom is 0.435 e. The van der Waals surface area contributed by atoms with E-state index in [0.29, 0.717) is 0 Å². The summed E-state index contributed by atoms with van der Waals surface area (Å²) in [5.41, 5.74) is -17.8. The van der Waals surface area contributed by atoms with Crippen LogP contribution in [0.5, 0.6) is 0 Å². The highest BCUT2D eigenvalue weighted by Gasteiger charge is 3.09. The normalized spacial score (nSPS) is 28.7. The Balaban J connectivity index is 4.26. The second-order valence-corrected chi connectivity index (χ2v) is 5.18. The average Bonchev–Trinajstić information content (AvgIpc) is 2.40. The first kappa shape index (κ1) is 23.8. The molecule has 1 aliphatic carbocycles. The van der Waals surface area contributed by atoms with E-state index in [1.165, 1.54) is 0 Å². The van der Waals surface area contributed by atoms with Gasteiger partial charge < -0.3 is 0 Å². The molecule has 0 amide bonds. The molecule has 0 aromatic rings. The van der Waals surface area contributed by atoms with E-state index >= 15 is 0 Å². The first-order valence-electron chi connectivity index (χ1n) is 5.65. The van der Waals surface area contributed by atoms with Gasteiger partial charge in [-0.15, -0.1) is 0 Å². The molecule has 0 unspecified atom stereocenters. The van der Waals surface area contributed by atoms with Crippen LogP contribution in [0.4, 0.5) is 79.0 Å². The Morgan fingerprint density at radius 1 is 0.333 bits per heavy atom. The van der Waals surface area contributed by atoms with Crippen LogP contribution in [0.3, 0.4) is 0 Å². The molecular weight excluding hydrogens is 450 g/mol. The second kappa shape index (κ2) is 5.01. The lowest BCUT2D eigenvalue weighted by Gasteiger charge is -2.56. The summed E-state index contributed by atoms with van der Waals surface area (Å²) in [5.74, 6) is -42.0. The summed E-state index contributed by atoms with van der Waals surface area (Å²) in [5, 5.41) is 0. The van der Waals surface area contributed by atoms with Crippen LogP contribution in [0.1, 0.15) is 0 Å². The molecule has 18 heteroatoms. The molecule has 1 fully saturated rings. The van der Waals surface area contributed by atoms with E-state index in [0.717, 1.165) is 0 Å². The summed E-state index contributed by atoms with van der Waals surface area (Å²) < 4.78 is 232. The van der Waals surface area contributed by atoms with Crippen molar-refractivity contribution in [1.82, 2.24) is 0 Å². The van der Waals surface area contributed by atoms with Gasteiger partial charge in [-0.3, -0.25) is 0 Å². The van der Waals surface area contributed by atoms with Gasteiger partial charge in [0.15, 0.2) is 0 Å². The molecule has 0 atom stereocenters. The summed E-state index contributed by atoms with van der Waals surface area (Å²) in [4.78, 5) is 0. The fraction of sp³-hybridized carbons (Fsp3) is 1.00. The summed E-state index contributed by atoms with van der Waals surface area (Å²) >= 11 is 0. The Morgan fingerprint density at radius 3 is 0.704 bits per heavy atom. The highest BCUT2D eigenvalue weighted by molar-refractivity contribution is 5.34. The van der Waals surface area contributed by atoms with Crippen molar-refractivity contribution in [2.24, 2.45) is 0 Å². The molecule has 0 nitrogen and oxygen atoms in total. The van der Waals surface area contributed by atoms with Crippen LogP contribution in [0.15, 0.2) is 0 Å². The van der Waals surface area contributed by atoms with E-state index in [9.17, 15) is 79.0 Å². The predicted molar refractivity (Wildman–Crippen MR) is 44.5 cm³/mol. The van der Waals surface area contributed by atoms with Gasteiger partial charge in [-0.05, 0) is 0 Å². The van der Waals surface area contributed by atoms with E-state index in [2.05, 4.69) is 0 Å². The van der Waals surface area contributed by atoms with E-state index in [4.69, 9.17) is 0 Å². The van der Waals surface area contributed by atoms with Crippen LogP contribution >= 0.6 is 0 Å². The lowest BCUT2D eigenvalue weighted by atomic mass is 9.64. The molecule has 1 saturated carbocycles. The summed E-state index contributed by atoms with van der Waals surface area (Å²) in [6.45, 7) is 0. The monoisotopic (exact) mass is 450 g/mol. The van der Waals surface area contributed by atoms with Crippen molar-refractivity contribution in [3.8, 4) is 0 Å². The predicted octanol–water partition coefficient (Wildman–Crippen LogP) is 5.72. The van der Waals surface area contributed by atoms with Crippen molar-refractivity contribution in [2.75, 3.05) is 0 Å². The number of hydrogen-bond donors (Lipinski definition) is 0. The van der Waals surface area contributed by atoms with Crippen molar-refractivity contribution in [3.05, 3.63) is 0 Å². The molecule has 0 heterocycles. The van der Waals surface area contributed by atoms with Crippen molar-refractivity contribution in [2.45, 2.75) is 53.3 Å². The van der Waals surface area contributed by atoms with Crippen LogP contribution in [0, 0.1) is 0 Å². The zero-order chi connectivity index (χ0) is 22.5. The highest BCUT2D eigenvalue weighted by Crippen LogP contribution is 2.75. The third-order valence-electron chi connectivity index (χ3n) is 3.70. The Bertz CT molecular complexity index is 559. The summed E-state index contributed by atoms with van der Waals surface area (Å²) in [7, 11) is 0. The molecule has 0 radical (unpaired) electrons. The van der Waals surface area contributed by atoms with Crippen molar-refractivity contribution < 1.29 is 79.0 Å². The van der Waals surface area contributed by atoms with Crippen molar-refractivity contribution >= 4 is 0 Å². The third-order valence-corrected chi connectivity index (χ3v) is 3.70. The maximum atomic E-state index is 13.9. The Kier molecular flexibility index (Phi) is 4.41. The smallest absolute Gasteiger partial charge is 0.225 e. The number of rotatable bonds is 1. The van der Waals surface area contributed by atoms with Gasteiger partial charge in [0.05, 0.1) is 0 Å². The number of alkyl halides is 18. The zero-order valence-corrected chi connectivity index (χ0v) is 11.3. The van der Waals surface area contributed by atoms with E-state index in [1.807, 2.05) is 0 Å². The van der Waals surface area contributed by atoms with Crippen molar-refractivity contribution in [3.63, 3.8) is 0 Å². The topological polar surface area (TPSA) is 0 Å². The summed E-state index contributed by atoms with van der Waals surface area (Å²) in [6, 6.07) is 0. The minimum Gasteiger partial charge on any atom is -0.225 e. The first-order chi connectivity index (χ1) is 11.2. The van der Waals surface area contributed by atoms with Gasteiger partial charge in [0.2, 0.25) is 0 Å². The highest BCUT2D eigenvalue weighted by atomic mass is 19.4. The fourth-order valence-electron chi connectivity index (χ4n) is 2.21. The minimum atomic E-state index is -8.95. The fourth-order valence-corrected chi connectivity index (χ4v) is 2.21. The summed E-state index contributed by atoms with van der Waals surface area (Å²) in [6.07, 6.45) is -16.7. The van der Waals surface area contributed by atoms with E-state index in [-0.39, 0.29) is 0 Å². The molecule has 1 rings (SSSR count). The minimum absolute atomic E-state index is 8.10. The first-order valence-corrected chi connectivity index (χ1v) is 5.65. The molecule has 0 aromatic heterocycles. The maximum absolute atomic E-state index is 13.9. The molecule has 162 valence electrons. The van der Waals surface area contributed by atoms with Gasteiger partial charge >= 0.3 is 53.3 Å². The molecule has 27 heavy (non-hydrogen) atoms. The SMILES string of the molecule is FC(F)(F)C(F)(C(F)(F)F)C1(F)C(F)(F)C(F)(F)C(F)(F)C(F)(F)C1(F)F. The van der Waals surface area contributed by atoms with Crippen LogP contribution < -0.4 is 0 Å². The van der Waals surface area contributed by atoms with Crippen molar-refractivity contribution in [1.29, 1.82) is 0 Å². The largest absolute Gasteiger partial charge is 0.435 e. The molecular formula is C9F18. The van der Waals surface area contributed by atoms with Gasteiger partial charge in [0.1, 0.15) is 0 Å². The molecule has 0 aromatic carbocycles. The van der Waals surface area contributed by atoms with E-state index < -0.39 is 53.3 Å². The van der Waals surface area contributed by atoms with Gasteiger partial charge in [-0.25, -0.2) is 8.78 Å². The average molecular weight is 450 g/mol. The molecule has 0 N–H and O–H groups in total. The zero-order valence-electron chi connectivity index (χ0n) is 11.3. The quantitative estimate of drug-likeness (QED) is 0.449. The lowest BCUT2D eigenvalue weighted by Crippen LogP contribution is -2.91. The Labute approximate surface area is 134 Å². The molecule has 0 aliphatic heterocycles. The Morgan fingerprint density at radius 2 is 0.519 bits per heavy atom. The molecule has 0 bridgehead atoms. The second-order valence-electron chi connectivity index (χ2n) is 5.18. The molecule has 0 spiro atoms. The molecule has 0 saturated heterocycles. The number of hydrogen-bond acceptors (Lipinski definition) is 0. The van der Waals surface area contributed by atoms with E-state index in [1.54, 1.807) is 0 Å². The third kappa shape index (κ3) is 2.01. The standard InChI is InChI=1S/C9F18/c10-1(2(11,8(22,23)24)9(25,26)27)3(12,13)5(16,17)7(20,21)6(18,19)4(1,14)15.